The van der Waals surface area contributed by atoms with Crippen LogP contribution in [-0.4, -0.2) is 0 Å². The van der Waals surface area contributed by atoms with Crippen molar-refractivity contribution in [1.29, 1.82) is 0 Å². The van der Waals surface area contributed by atoms with Crippen molar-refractivity contribution in [1.82, 2.24) is 0 Å². The third-order valence-corrected chi connectivity index (χ3v) is 4.47. The largest absolute Gasteiger partial charge is 0.0999 e. The standard InChI is InChI=1S/C17H28.C2H6/c1-13(2)15(4)16(5)14(3)12-17-10-8-6-7-9-11-17;1-2/h6-8,10,14-17H,1,9,11-12H2,2-5H3;1-2H3/t14?,15-,16?,17?;/m0./s1. The van der Waals surface area contributed by atoms with E-state index in [0.29, 0.717) is 5.92 Å². The van der Waals surface area contributed by atoms with Gasteiger partial charge in [-0.1, -0.05) is 71.1 Å². The van der Waals surface area contributed by atoms with Crippen LogP contribution in [0.2, 0.25) is 0 Å². The van der Waals surface area contributed by atoms with Crippen molar-refractivity contribution in [3.05, 3.63) is 36.5 Å². The lowest BCUT2D eigenvalue weighted by Gasteiger charge is -2.28. The molecule has 0 aromatic rings. The van der Waals surface area contributed by atoms with E-state index in [-0.39, 0.29) is 0 Å². The van der Waals surface area contributed by atoms with Gasteiger partial charge in [0.1, 0.15) is 0 Å². The molecule has 1 aliphatic carbocycles. The van der Waals surface area contributed by atoms with Crippen molar-refractivity contribution in [2.24, 2.45) is 23.7 Å². The zero-order valence-corrected chi connectivity index (χ0v) is 13.9. The molecule has 0 amide bonds. The number of hydrogen-bond acceptors (Lipinski definition) is 0. The summed E-state index contributed by atoms with van der Waals surface area (Å²) in [7, 11) is 0. The Labute approximate surface area is 121 Å². The van der Waals surface area contributed by atoms with Crippen molar-refractivity contribution in [2.45, 2.75) is 60.8 Å². The van der Waals surface area contributed by atoms with Gasteiger partial charge in [0.2, 0.25) is 0 Å². The van der Waals surface area contributed by atoms with E-state index in [9.17, 15) is 0 Å². The maximum absolute atomic E-state index is 4.10. The molecule has 4 atom stereocenters. The third kappa shape index (κ3) is 6.80. The van der Waals surface area contributed by atoms with E-state index in [4.69, 9.17) is 0 Å². The third-order valence-electron chi connectivity index (χ3n) is 4.47. The molecule has 19 heavy (non-hydrogen) atoms. The van der Waals surface area contributed by atoms with Gasteiger partial charge in [-0.3, -0.25) is 0 Å². The summed E-state index contributed by atoms with van der Waals surface area (Å²) in [6.07, 6.45) is 12.9. The molecule has 110 valence electrons. The monoisotopic (exact) mass is 262 g/mol. The molecule has 0 heteroatoms. The first kappa shape index (κ1) is 18.2. The normalized spacial score (nSPS) is 22.7. The summed E-state index contributed by atoms with van der Waals surface area (Å²) in [6, 6.07) is 0. The van der Waals surface area contributed by atoms with Crippen LogP contribution in [0.5, 0.6) is 0 Å². The second-order valence-corrected chi connectivity index (χ2v) is 5.86. The van der Waals surface area contributed by atoms with Crippen molar-refractivity contribution in [3.8, 4) is 0 Å². The van der Waals surface area contributed by atoms with Crippen LogP contribution in [0.25, 0.3) is 0 Å². The molecule has 3 unspecified atom stereocenters. The summed E-state index contributed by atoms with van der Waals surface area (Å²) in [6.45, 7) is 17.3. The van der Waals surface area contributed by atoms with Gasteiger partial charge in [0.15, 0.2) is 0 Å². The Morgan fingerprint density at radius 1 is 1.21 bits per heavy atom. The van der Waals surface area contributed by atoms with Crippen molar-refractivity contribution in [3.63, 3.8) is 0 Å². The van der Waals surface area contributed by atoms with Crippen molar-refractivity contribution >= 4 is 0 Å². The van der Waals surface area contributed by atoms with Gasteiger partial charge in [-0.05, 0) is 49.9 Å². The summed E-state index contributed by atoms with van der Waals surface area (Å²) in [4.78, 5) is 0. The van der Waals surface area contributed by atoms with Crippen LogP contribution >= 0.6 is 0 Å². The molecule has 0 radical (unpaired) electrons. The minimum absolute atomic E-state index is 0.637. The molecule has 0 nitrogen and oxygen atoms in total. The highest BCUT2D eigenvalue weighted by Crippen LogP contribution is 2.31. The lowest BCUT2D eigenvalue weighted by molar-refractivity contribution is 0.268. The fourth-order valence-electron chi connectivity index (χ4n) is 2.63. The molecule has 1 aliphatic rings. The summed E-state index contributed by atoms with van der Waals surface area (Å²) < 4.78 is 0. The first-order chi connectivity index (χ1) is 9.02. The molecule has 0 aromatic carbocycles. The quantitative estimate of drug-likeness (QED) is 0.502. The molecule has 0 aliphatic heterocycles. The SMILES string of the molecule is C=C(C)[C@H](C)C(C)C(C)CC1C=CC=CCC1.CC. The molecule has 0 aromatic heterocycles. The van der Waals surface area contributed by atoms with Gasteiger partial charge >= 0.3 is 0 Å². The minimum atomic E-state index is 0.637. The molecule has 0 fully saturated rings. The first-order valence-corrected chi connectivity index (χ1v) is 8.01. The Morgan fingerprint density at radius 3 is 2.42 bits per heavy atom. The Kier molecular flexibility index (Phi) is 9.65. The molecule has 1 rings (SSSR count). The molecule has 0 bridgehead atoms. The fourth-order valence-corrected chi connectivity index (χ4v) is 2.63. The zero-order chi connectivity index (χ0) is 14.8. The summed E-state index contributed by atoms with van der Waals surface area (Å²) in [5, 5.41) is 0. The van der Waals surface area contributed by atoms with E-state index in [0.717, 1.165) is 17.8 Å². The van der Waals surface area contributed by atoms with Crippen LogP contribution in [0.15, 0.2) is 36.5 Å². The fraction of sp³-hybridized carbons (Fsp3) is 0.684. The maximum Gasteiger partial charge on any atom is -0.0209 e. The van der Waals surface area contributed by atoms with Crippen LogP contribution in [0.4, 0.5) is 0 Å². The highest BCUT2D eigenvalue weighted by molar-refractivity contribution is 5.08. The Morgan fingerprint density at radius 2 is 1.84 bits per heavy atom. The topological polar surface area (TPSA) is 0 Å². The van der Waals surface area contributed by atoms with E-state index >= 15 is 0 Å². The van der Waals surface area contributed by atoms with Crippen LogP contribution in [-0.2, 0) is 0 Å². The van der Waals surface area contributed by atoms with Crippen LogP contribution in [0, 0.1) is 23.7 Å². The lowest BCUT2D eigenvalue weighted by Crippen LogP contribution is -2.19. The van der Waals surface area contributed by atoms with E-state index in [1.807, 2.05) is 13.8 Å². The van der Waals surface area contributed by atoms with Crippen molar-refractivity contribution in [2.75, 3.05) is 0 Å². The van der Waals surface area contributed by atoms with Crippen LogP contribution in [0.3, 0.4) is 0 Å². The molecular formula is C19H34. The van der Waals surface area contributed by atoms with Gasteiger partial charge < -0.3 is 0 Å². The first-order valence-electron chi connectivity index (χ1n) is 8.01. The van der Waals surface area contributed by atoms with Crippen LogP contribution < -0.4 is 0 Å². The van der Waals surface area contributed by atoms with E-state index in [1.165, 1.54) is 24.8 Å². The van der Waals surface area contributed by atoms with Gasteiger partial charge in [0.25, 0.3) is 0 Å². The number of rotatable bonds is 5. The molecule has 0 saturated heterocycles. The van der Waals surface area contributed by atoms with E-state index in [1.54, 1.807) is 0 Å². The highest BCUT2D eigenvalue weighted by atomic mass is 14.3. The summed E-state index contributed by atoms with van der Waals surface area (Å²) in [5.74, 6) is 2.91. The number of allylic oxidation sites excluding steroid dienone is 5. The van der Waals surface area contributed by atoms with Gasteiger partial charge in [-0.15, -0.1) is 0 Å². The van der Waals surface area contributed by atoms with Gasteiger partial charge in [-0.25, -0.2) is 0 Å². The average molecular weight is 262 g/mol. The highest BCUT2D eigenvalue weighted by Gasteiger charge is 2.21. The smallest absolute Gasteiger partial charge is 0.0209 e. The minimum Gasteiger partial charge on any atom is -0.0999 e. The van der Waals surface area contributed by atoms with E-state index in [2.05, 4.69) is 58.6 Å². The van der Waals surface area contributed by atoms with Crippen LogP contribution in [0.1, 0.15) is 60.8 Å². The van der Waals surface area contributed by atoms with Gasteiger partial charge in [-0.2, -0.15) is 0 Å². The van der Waals surface area contributed by atoms with E-state index < -0.39 is 0 Å². The second-order valence-electron chi connectivity index (χ2n) is 5.86. The molecular weight excluding hydrogens is 228 g/mol. The Balaban J connectivity index is 0.00000154. The predicted octanol–water partition coefficient (Wildman–Crippen LogP) is 6.41. The Hall–Kier alpha value is -0.780. The van der Waals surface area contributed by atoms with Crippen molar-refractivity contribution < 1.29 is 0 Å². The molecule has 0 saturated carbocycles. The Bertz CT molecular complexity index is 295. The van der Waals surface area contributed by atoms with Gasteiger partial charge in [0.05, 0.1) is 0 Å². The van der Waals surface area contributed by atoms with Gasteiger partial charge in [0, 0.05) is 0 Å². The maximum atomic E-state index is 4.10. The summed E-state index contributed by atoms with van der Waals surface area (Å²) in [5.41, 5.74) is 1.32. The molecule has 0 N–H and O–H groups in total. The predicted molar refractivity (Wildman–Crippen MR) is 89.3 cm³/mol. The second kappa shape index (κ2) is 10.1. The summed E-state index contributed by atoms with van der Waals surface area (Å²) >= 11 is 0. The molecule has 0 heterocycles. The molecule has 0 spiro atoms. The number of hydrogen-bond donors (Lipinski definition) is 0. The lowest BCUT2D eigenvalue weighted by atomic mass is 9.77. The average Bonchev–Trinajstić information content (AvgIpc) is 2.67. The zero-order valence-electron chi connectivity index (χ0n) is 13.9.